The van der Waals surface area contributed by atoms with Crippen LogP contribution in [0.25, 0.3) is 0 Å². The average molecular weight is 450 g/mol. The number of fused-ring (bicyclic) bond motifs is 1. The number of rotatable bonds is 5. The van der Waals surface area contributed by atoms with Crippen LogP contribution in [-0.2, 0) is 4.74 Å². The Morgan fingerprint density at radius 2 is 2.08 bits per heavy atom. The van der Waals surface area contributed by atoms with Crippen molar-refractivity contribution in [2.45, 2.75) is 65.1 Å². The number of guanidine groups is 1. The lowest BCUT2D eigenvalue weighted by atomic mass is 9.57. The maximum Gasteiger partial charge on any atom is 0.191 e. The first-order valence-electron chi connectivity index (χ1n) is 9.48. The molecule has 2 heterocycles. The van der Waals surface area contributed by atoms with E-state index >= 15 is 0 Å². The smallest absolute Gasteiger partial charge is 0.191 e. The van der Waals surface area contributed by atoms with Gasteiger partial charge in [-0.3, -0.25) is 9.89 Å². The highest BCUT2D eigenvalue weighted by Crippen LogP contribution is 2.52. The number of nitrogens with zero attached hydrogens (tertiary/aromatic N) is 2. The van der Waals surface area contributed by atoms with E-state index in [9.17, 15) is 0 Å². The molecule has 1 aliphatic carbocycles. The number of ether oxygens (including phenoxy) is 1. The summed E-state index contributed by atoms with van der Waals surface area (Å²) in [6.07, 6.45) is 4.20. The molecule has 0 radical (unpaired) electrons. The second-order valence-electron chi connectivity index (χ2n) is 7.83. The second kappa shape index (κ2) is 8.54. The summed E-state index contributed by atoms with van der Waals surface area (Å²) >= 11 is 0. The fourth-order valence-electron chi connectivity index (χ4n) is 4.80. The van der Waals surface area contributed by atoms with E-state index in [-0.39, 0.29) is 29.4 Å². The highest BCUT2D eigenvalue weighted by Gasteiger charge is 2.59. The molecule has 2 N–H and O–H groups in total. The number of hydrogen-bond acceptors (Lipinski definition) is 3. The van der Waals surface area contributed by atoms with Crippen molar-refractivity contribution in [1.29, 1.82) is 0 Å². The molecule has 4 unspecified atom stereocenters. The minimum Gasteiger partial charge on any atom is -0.377 e. The van der Waals surface area contributed by atoms with Crippen molar-refractivity contribution >= 4 is 29.9 Å². The normalized spacial score (nSPS) is 35.1. The molecule has 4 atom stereocenters. The average Bonchev–Trinajstić information content (AvgIpc) is 3.17. The van der Waals surface area contributed by atoms with Crippen LogP contribution in [0.3, 0.4) is 0 Å². The molecule has 140 valence electrons. The van der Waals surface area contributed by atoms with Gasteiger partial charge in [0.15, 0.2) is 5.96 Å². The Hall–Kier alpha value is -0.0800. The molecule has 3 rings (SSSR count). The molecule has 0 spiro atoms. The Labute approximate surface area is 164 Å². The Morgan fingerprint density at radius 3 is 2.79 bits per heavy atom. The van der Waals surface area contributed by atoms with Crippen molar-refractivity contribution < 1.29 is 4.74 Å². The van der Waals surface area contributed by atoms with Gasteiger partial charge in [0.1, 0.15) is 0 Å². The number of halogens is 1. The molecule has 0 aromatic carbocycles. The third kappa shape index (κ3) is 3.85. The van der Waals surface area contributed by atoms with Crippen molar-refractivity contribution in [2.75, 3.05) is 32.8 Å². The zero-order valence-corrected chi connectivity index (χ0v) is 18.0. The number of likely N-dealkylation sites (N-methyl/N-ethyl adjacent to an activating group) is 1. The summed E-state index contributed by atoms with van der Waals surface area (Å²) in [5, 5.41) is 7.15. The Bertz CT molecular complexity index is 443. The summed E-state index contributed by atoms with van der Waals surface area (Å²) in [5.41, 5.74) is 0.195. The number of hydrogen-bond donors (Lipinski definition) is 2. The molecule has 0 aromatic rings. The SMILES string of the molecule is CCNC(=NCC1CCCN1CC)NC1C2CCOC2C1(C)C.I. The zero-order valence-electron chi connectivity index (χ0n) is 15.7. The maximum absolute atomic E-state index is 5.90. The van der Waals surface area contributed by atoms with Crippen molar-refractivity contribution in [3.8, 4) is 0 Å². The summed E-state index contributed by atoms with van der Waals surface area (Å²) in [6.45, 7) is 14.1. The fraction of sp³-hybridized carbons (Fsp3) is 0.944. The summed E-state index contributed by atoms with van der Waals surface area (Å²) in [4.78, 5) is 7.46. The lowest BCUT2D eigenvalue weighted by Crippen LogP contribution is -2.68. The largest absolute Gasteiger partial charge is 0.377 e. The minimum absolute atomic E-state index is 0. The predicted octanol–water partition coefficient (Wildman–Crippen LogP) is 2.46. The predicted molar refractivity (Wildman–Crippen MR) is 110 cm³/mol. The molecular weight excluding hydrogens is 415 g/mol. The first-order valence-corrected chi connectivity index (χ1v) is 9.48. The van der Waals surface area contributed by atoms with Crippen LogP contribution >= 0.6 is 24.0 Å². The van der Waals surface area contributed by atoms with Gasteiger partial charge in [0.25, 0.3) is 0 Å². The van der Waals surface area contributed by atoms with Crippen molar-refractivity contribution in [3.05, 3.63) is 0 Å². The van der Waals surface area contributed by atoms with Gasteiger partial charge in [-0.15, -0.1) is 24.0 Å². The highest BCUT2D eigenvalue weighted by atomic mass is 127. The molecule has 24 heavy (non-hydrogen) atoms. The lowest BCUT2D eigenvalue weighted by Gasteiger charge is -2.54. The molecule has 0 amide bonds. The van der Waals surface area contributed by atoms with Gasteiger partial charge in [-0.2, -0.15) is 0 Å². The van der Waals surface area contributed by atoms with Gasteiger partial charge >= 0.3 is 0 Å². The van der Waals surface area contributed by atoms with E-state index in [0.29, 0.717) is 24.1 Å². The van der Waals surface area contributed by atoms with Crippen molar-refractivity contribution in [3.63, 3.8) is 0 Å². The van der Waals surface area contributed by atoms with E-state index in [1.807, 2.05) is 0 Å². The molecule has 2 aliphatic heterocycles. The van der Waals surface area contributed by atoms with E-state index < -0.39 is 0 Å². The van der Waals surface area contributed by atoms with Crippen LogP contribution in [0.2, 0.25) is 0 Å². The van der Waals surface area contributed by atoms with E-state index in [2.05, 4.69) is 43.2 Å². The van der Waals surface area contributed by atoms with Gasteiger partial charge in [0.05, 0.1) is 12.6 Å². The molecule has 3 aliphatic rings. The van der Waals surface area contributed by atoms with Gasteiger partial charge in [-0.05, 0) is 39.3 Å². The third-order valence-corrected chi connectivity index (χ3v) is 6.10. The summed E-state index contributed by atoms with van der Waals surface area (Å²) < 4.78 is 5.90. The van der Waals surface area contributed by atoms with Crippen molar-refractivity contribution in [2.24, 2.45) is 16.3 Å². The van der Waals surface area contributed by atoms with Gasteiger partial charge in [-0.25, -0.2) is 0 Å². The van der Waals surface area contributed by atoms with Gasteiger partial charge in [0.2, 0.25) is 0 Å². The molecular formula is C18H35IN4O. The Balaban J connectivity index is 0.00000208. The summed E-state index contributed by atoms with van der Waals surface area (Å²) in [5.74, 6) is 1.63. The van der Waals surface area contributed by atoms with Crippen LogP contribution in [0.5, 0.6) is 0 Å². The van der Waals surface area contributed by atoms with Crippen LogP contribution in [0.15, 0.2) is 4.99 Å². The fourth-order valence-corrected chi connectivity index (χ4v) is 4.80. The second-order valence-corrected chi connectivity index (χ2v) is 7.83. The van der Waals surface area contributed by atoms with Gasteiger partial charge in [-0.1, -0.05) is 20.8 Å². The van der Waals surface area contributed by atoms with Crippen LogP contribution in [0, 0.1) is 11.3 Å². The topological polar surface area (TPSA) is 48.9 Å². The first-order chi connectivity index (χ1) is 11.1. The van der Waals surface area contributed by atoms with Gasteiger partial charge < -0.3 is 15.4 Å². The molecule has 0 aromatic heterocycles. The van der Waals surface area contributed by atoms with Gasteiger partial charge in [0, 0.05) is 36.6 Å². The molecule has 6 heteroatoms. The Kier molecular flexibility index (Phi) is 7.20. The zero-order chi connectivity index (χ0) is 16.4. The highest BCUT2D eigenvalue weighted by molar-refractivity contribution is 14.0. The quantitative estimate of drug-likeness (QED) is 0.384. The summed E-state index contributed by atoms with van der Waals surface area (Å²) in [6, 6.07) is 1.09. The monoisotopic (exact) mass is 450 g/mol. The number of aliphatic imine (C=N–C) groups is 1. The number of likely N-dealkylation sites (tertiary alicyclic amines) is 1. The summed E-state index contributed by atoms with van der Waals surface area (Å²) in [7, 11) is 0. The molecule has 3 fully saturated rings. The van der Waals surface area contributed by atoms with Crippen molar-refractivity contribution in [1.82, 2.24) is 15.5 Å². The van der Waals surface area contributed by atoms with E-state index in [1.165, 1.54) is 25.8 Å². The van der Waals surface area contributed by atoms with Crippen LogP contribution in [0.4, 0.5) is 0 Å². The number of nitrogens with one attached hydrogen (secondary N) is 2. The Morgan fingerprint density at radius 1 is 1.29 bits per heavy atom. The molecule has 1 saturated carbocycles. The lowest BCUT2D eigenvalue weighted by molar-refractivity contribution is -0.106. The van der Waals surface area contributed by atoms with Crippen LogP contribution in [0.1, 0.15) is 47.0 Å². The van der Waals surface area contributed by atoms with Crippen LogP contribution in [-0.4, -0.2) is 61.8 Å². The maximum atomic E-state index is 5.90. The minimum atomic E-state index is 0. The molecule has 2 saturated heterocycles. The van der Waals surface area contributed by atoms with E-state index in [0.717, 1.165) is 32.2 Å². The van der Waals surface area contributed by atoms with E-state index in [1.54, 1.807) is 0 Å². The molecule has 0 bridgehead atoms. The van der Waals surface area contributed by atoms with Crippen LogP contribution < -0.4 is 10.6 Å². The first kappa shape index (κ1) is 20.2. The van der Waals surface area contributed by atoms with E-state index in [4.69, 9.17) is 9.73 Å². The standard InChI is InChI=1S/C18H34N4O.HI/c1-5-19-17(20-12-13-8-7-10-22(13)6-2)21-15-14-9-11-23-16(14)18(15,3)4;/h13-16H,5-12H2,1-4H3,(H2,19,20,21);1H. The third-order valence-electron chi connectivity index (χ3n) is 6.10. The molecule has 5 nitrogen and oxygen atoms in total.